The van der Waals surface area contributed by atoms with Crippen molar-refractivity contribution in [1.82, 2.24) is 0 Å². The van der Waals surface area contributed by atoms with E-state index in [1.165, 1.54) is 10.5 Å². The van der Waals surface area contributed by atoms with Gasteiger partial charge in [-0.3, -0.25) is 0 Å². The molecule has 20 heavy (non-hydrogen) atoms. The zero-order valence-corrected chi connectivity index (χ0v) is 13.6. The number of likely N-dealkylation sites (N-methyl/N-ethyl adjacent to an activating group) is 1. The zero-order chi connectivity index (χ0) is 15.3. The number of hydrogen-bond donors (Lipinski definition) is 1. The minimum absolute atomic E-state index is 0.103. The van der Waals surface area contributed by atoms with Crippen molar-refractivity contribution in [3.05, 3.63) is 35.4 Å². The van der Waals surface area contributed by atoms with E-state index in [1.807, 2.05) is 24.3 Å². The van der Waals surface area contributed by atoms with E-state index >= 15 is 0 Å². The number of quaternary nitrogens is 1. The van der Waals surface area contributed by atoms with Gasteiger partial charge < -0.3 is 9.64 Å². The Kier molecular flexibility index (Phi) is 5.75. The Balaban J connectivity index is 2.52. The van der Waals surface area contributed by atoms with E-state index in [-0.39, 0.29) is 11.4 Å². The fourth-order valence-electron chi connectivity index (χ4n) is 1.78. The molecule has 0 bridgehead atoms. The predicted molar refractivity (Wildman–Crippen MR) is 82.3 cm³/mol. The summed E-state index contributed by atoms with van der Waals surface area (Å²) in [4.78, 5) is 13.3. The average molecular weight is 278 g/mol. The molecule has 0 heterocycles. The van der Waals surface area contributed by atoms with Crippen molar-refractivity contribution in [2.75, 3.05) is 20.2 Å². The average Bonchev–Trinajstić information content (AvgIpc) is 2.37. The minimum atomic E-state index is -0.234. The number of carbonyl (C=O) groups is 1. The Morgan fingerprint density at radius 3 is 2.20 bits per heavy atom. The molecule has 0 aromatic heterocycles. The third kappa shape index (κ3) is 4.97. The predicted octanol–water partition coefficient (Wildman–Crippen LogP) is 2.06. The van der Waals surface area contributed by atoms with Crippen molar-refractivity contribution in [1.29, 1.82) is 0 Å². The van der Waals surface area contributed by atoms with E-state index in [9.17, 15) is 4.79 Å². The fourth-order valence-corrected chi connectivity index (χ4v) is 1.78. The van der Waals surface area contributed by atoms with Gasteiger partial charge in [-0.05, 0) is 37.0 Å². The molecule has 1 rings (SSSR count). The molecule has 0 radical (unpaired) electrons. The van der Waals surface area contributed by atoms with Gasteiger partial charge in [0.2, 0.25) is 0 Å². The monoisotopic (exact) mass is 278 g/mol. The van der Waals surface area contributed by atoms with Gasteiger partial charge in [-0.2, -0.15) is 0 Å². The maximum absolute atomic E-state index is 11.9. The van der Waals surface area contributed by atoms with Crippen LogP contribution in [0.3, 0.4) is 0 Å². The first-order chi connectivity index (χ1) is 9.21. The molecule has 0 amide bonds. The Morgan fingerprint density at radius 2 is 1.75 bits per heavy atom. The number of esters is 1. The Hall–Kier alpha value is -1.35. The Bertz CT molecular complexity index is 429. The van der Waals surface area contributed by atoms with Crippen LogP contribution in [-0.2, 0) is 10.2 Å². The SMILES string of the molecule is CC(C)[NH+](C)CCOC(=O)c1ccc(C(C)(C)C)cc1. The summed E-state index contributed by atoms with van der Waals surface area (Å²) in [5.74, 6) is -0.234. The molecule has 1 unspecified atom stereocenters. The fraction of sp³-hybridized carbons (Fsp3) is 0.588. The number of ether oxygens (including phenoxy) is 1. The molecule has 0 aliphatic heterocycles. The van der Waals surface area contributed by atoms with Gasteiger partial charge in [-0.15, -0.1) is 0 Å². The third-order valence-corrected chi connectivity index (χ3v) is 3.70. The molecule has 0 fully saturated rings. The topological polar surface area (TPSA) is 30.7 Å². The minimum Gasteiger partial charge on any atom is -0.456 e. The number of rotatable bonds is 5. The lowest BCUT2D eigenvalue weighted by Crippen LogP contribution is -3.12. The molecule has 1 aromatic rings. The smallest absolute Gasteiger partial charge is 0.338 e. The number of nitrogens with one attached hydrogen (secondary N) is 1. The molecule has 0 saturated carbocycles. The molecular weight excluding hydrogens is 250 g/mol. The molecular formula is C17H28NO2+. The van der Waals surface area contributed by atoms with Crippen LogP contribution in [0, 0.1) is 0 Å². The normalized spacial score (nSPS) is 13.3. The summed E-state index contributed by atoms with van der Waals surface area (Å²) >= 11 is 0. The first-order valence-corrected chi connectivity index (χ1v) is 7.32. The van der Waals surface area contributed by atoms with Crippen LogP contribution in [0.5, 0.6) is 0 Å². The maximum Gasteiger partial charge on any atom is 0.338 e. The van der Waals surface area contributed by atoms with E-state index in [1.54, 1.807) is 0 Å². The molecule has 112 valence electrons. The van der Waals surface area contributed by atoms with Crippen LogP contribution in [0.4, 0.5) is 0 Å². The summed E-state index contributed by atoms with van der Waals surface area (Å²) in [7, 11) is 2.11. The van der Waals surface area contributed by atoms with Gasteiger partial charge in [0.15, 0.2) is 0 Å². The van der Waals surface area contributed by atoms with Crippen LogP contribution in [0.2, 0.25) is 0 Å². The van der Waals surface area contributed by atoms with Crippen LogP contribution in [-0.4, -0.2) is 32.2 Å². The lowest BCUT2D eigenvalue weighted by molar-refractivity contribution is -0.901. The van der Waals surface area contributed by atoms with Crippen molar-refractivity contribution in [2.45, 2.75) is 46.1 Å². The van der Waals surface area contributed by atoms with Gasteiger partial charge in [0, 0.05) is 0 Å². The van der Waals surface area contributed by atoms with Gasteiger partial charge in [0.05, 0.1) is 18.7 Å². The second-order valence-electron chi connectivity index (χ2n) is 6.71. The number of benzene rings is 1. The van der Waals surface area contributed by atoms with Gasteiger partial charge >= 0.3 is 5.97 Å². The third-order valence-electron chi connectivity index (χ3n) is 3.70. The quantitative estimate of drug-likeness (QED) is 0.836. The van der Waals surface area contributed by atoms with E-state index in [2.05, 4.69) is 41.7 Å². The van der Waals surface area contributed by atoms with Crippen molar-refractivity contribution in [3.8, 4) is 0 Å². The Morgan fingerprint density at radius 1 is 1.20 bits per heavy atom. The van der Waals surface area contributed by atoms with Gasteiger partial charge in [0.25, 0.3) is 0 Å². The summed E-state index contributed by atoms with van der Waals surface area (Å²) in [5.41, 5.74) is 1.95. The van der Waals surface area contributed by atoms with Crippen LogP contribution in [0.25, 0.3) is 0 Å². The van der Waals surface area contributed by atoms with Gasteiger partial charge in [0.1, 0.15) is 13.2 Å². The summed E-state index contributed by atoms with van der Waals surface area (Å²) in [6.07, 6.45) is 0. The molecule has 3 heteroatoms. The largest absolute Gasteiger partial charge is 0.456 e. The second-order valence-corrected chi connectivity index (χ2v) is 6.71. The molecule has 0 spiro atoms. The highest BCUT2D eigenvalue weighted by molar-refractivity contribution is 5.89. The lowest BCUT2D eigenvalue weighted by Gasteiger charge is -2.19. The number of carbonyl (C=O) groups excluding carboxylic acids is 1. The van der Waals surface area contributed by atoms with Crippen LogP contribution < -0.4 is 4.90 Å². The van der Waals surface area contributed by atoms with Crippen molar-refractivity contribution < 1.29 is 14.4 Å². The van der Waals surface area contributed by atoms with Crippen LogP contribution >= 0.6 is 0 Å². The maximum atomic E-state index is 11.9. The summed E-state index contributed by atoms with van der Waals surface area (Å²) in [6.45, 7) is 12.1. The standard InChI is InChI=1S/C17H27NO2/c1-13(2)18(6)11-12-20-16(19)14-7-9-15(10-8-14)17(3,4)5/h7-10,13H,11-12H2,1-6H3/p+1. The molecule has 1 N–H and O–H groups in total. The van der Waals surface area contributed by atoms with Crippen LogP contribution in [0.1, 0.15) is 50.5 Å². The lowest BCUT2D eigenvalue weighted by atomic mass is 9.87. The van der Waals surface area contributed by atoms with E-state index in [0.717, 1.165) is 6.54 Å². The first-order valence-electron chi connectivity index (χ1n) is 7.32. The summed E-state index contributed by atoms with van der Waals surface area (Å²) < 4.78 is 5.31. The summed E-state index contributed by atoms with van der Waals surface area (Å²) in [5, 5.41) is 0. The van der Waals surface area contributed by atoms with Crippen molar-refractivity contribution in [2.24, 2.45) is 0 Å². The number of hydrogen-bond acceptors (Lipinski definition) is 2. The molecule has 0 aliphatic rings. The van der Waals surface area contributed by atoms with Crippen molar-refractivity contribution in [3.63, 3.8) is 0 Å². The molecule has 0 aliphatic carbocycles. The van der Waals surface area contributed by atoms with E-state index < -0.39 is 0 Å². The van der Waals surface area contributed by atoms with E-state index in [0.29, 0.717) is 18.2 Å². The highest BCUT2D eigenvalue weighted by Crippen LogP contribution is 2.22. The Labute approximate surface area is 122 Å². The molecule has 1 aromatic carbocycles. The second kappa shape index (κ2) is 6.89. The molecule has 3 nitrogen and oxygen atoms in total. The first kappa shape index (κ1) is 16.7. The zero-order valence-electron chi connectivity index (χ0n) is 13.6. The highest BCUT2D eigenvalue weighted by Gasteiger charge is 2.15. The molecule has 1 atom stereocenters. The van der Waals surface area contributed by atoms with Gasteiger partial charge in [-0.1, -0.05) is 32.9 Å². The van der Waals surface area contributed by atoms with E-state index in [4.69, 9.17) is 4.74 Å². The van der Waals surface area contributed by atoms with Crippen LogP contribution in [0.15, 0.2) is 24.3 Å². The van der Waals surface area contributed by atoms with Crippen molar-refractivity contribution >= 4 is 5.97 Å². The molecule has 0 saturated heterocycles. The van der Waals surface area contributed by atoms with Gasteiger partial charge in [-0.25, -0.2) is 4.79 Å². The summed E-state index contributed by atoms with van der Waals surface area (Å²) in [6, 6.07) is 8.24. The highest BCUT2D eigenvalue weighted by atomic mass is 16.5.